The second kappa shape index (κ2) is 8.25. The fourth-order valence-corrected chi connectivity index (χ4v) is 2.25. The van der Waals surface area contributed by atoms with E-state index < -0.39 is 0 Å². The largest absolute Gasteiger partial charge is 0.326 e. The Balaban J connectivity index is 1.60. The molecular weight excluding hydrogens is 258 g/mol. The van der Waals surface area contributed by atoms with Crippen LogP contribution in [-0.2, 0) is 11.2 Å². The van der Waals surface area contributed by atoms with Crippen molar-refractivity contribution in [2.45, 2.75) is 32.1 Å². The zero-order valence-corrected chi connectivity index (χ0v) is 12.3. The number of rotatable bonds is 7. The maximum absolute atomic E-state index is 11.8. The number of carbonyl (C=O) groups is 1. The zero-order valence-electron chi connectivity index (χ0n) is 12.3. The van der Waals surface area contributed by atoms with Gasteiger partial charge in [0.2, 0.25) is 5.91 Å². The van der Waals surface area contributed by atoms with Crippen LogP contribution in [0.3, 0.4) is 0 Å². The van der Waals surface area contributed by atoms with Crippen molar-refractivity contribution >= 4 is 11.6 Å². The van der Waals surface area contributed by atoms with Crippen molar-refractivity contribution in [1.82, 2.24) is 0 Å². The Kier molecular flexibility index (Phi) is 6.01. The van der Waals surface area contributed by atoms with E-state index in [4.69, 9.17) is 0 Å². The molecule has 2 aromatic rings. The smallest absolute Gasteiger partial charge is 0.224 e. The molecule has 0 atom stereocenters. The fraction of sp³-hybridized carbons (Fsp3) is 0.263. The average molecular weight is 280 g/mol. The highest BCUT2D eigenvalue weighted by atomic mass is 16.1. The number of carbonyl (C=O) groups excluding carboxylic acids is 1. The summed E-state index contributed by atoms with van der Waals surface area (Å²) in [5.74, 6) is 0.0894. The molecule has 0 aliphatic rings. The van der Waals surface area contributed by atoms with Crippen LogP contribution in [0.1, 0.15) is 36.8 Å². The monoisotopic (exact) mass is 280 g/mol. The highest BCUT2D eigenvalue weighted by Crippen LogP contribution is 2.11. The quantitative estimate of drug-likeness (QED) is 0.737. The highest BCUT2D eigenvalue weighted by Gasteiger charge is 2.02. The number of aryl methyl sites for hydroxylation is 1. The van der Waals surface area contributed by atoms with E-state index in [1.807, 2.05) is 30.3 Å². The van der Waals surface area contributed by atoms with Crippen LogP contribution in [0.15, 0.2) is 54.6 Å². The highest BCUT2D eigenvalue weighted by molar-refractivity contribution is 5.90. The third kappa shape index (κ3) is 5.82. The van der Waals surface area contributed by atoms with Crippen LogP contribution in [0, 0.1) is 6.92 Å². The number of unbranched alkanes of at least 4 members (excludes halogenated alkanes) is 2. The maximum Gasteiger partial charge on any atom is 0.224 e. The molecule has 0 saturated heterocycles. The van der Waals surface area contributed by atoms with Gasteiger partial charge in [0.1, 0.15) is 0 Å². The lowest BCUT2D eigenvalue weighted by Crippen LogP contribution is -2.10. The number of amides is 1. The van der Waals surface area contributed by atoms with E-state index >= 15 is 0 Å². The second-order valence-electron chi connectivity index (χ2n) is 5.29. The Morgan fingerprint density at radius 3 is 2.33 bits per heavy atom. The molecule has 2 nitrogen and oxygen atoms in total. The lowest BCUT2D eigenvalue weighted by Gasteiger charge is -2.05. The van der Waals surface area contributed by atoms with Crippen LogP contribution in [0.25, 0.3) is 0 Å². The summed E-state index contributed by atoms with van der Waals surface area (Å²) in [4.78, 5) is 11.8. The number of benzene rings is 2. The average Bonchev–Trinajstić information content (AvgIpc) is 2.50. The first-order chi connectivity index (χ1) is 10.2. The van der Waals surface area contributed by atoms with Crippen LogP contribution in [-0.4, -0.2) is 5.91 Å². The van der Waals surface area contributed by atoms with Crippen LogP contribution in [0.4, 0.5) is 5.69 Å². The molecule has 0 aliphatic carbocycles. The predicted molar refractivity (Wildman–Crippen MR) is 88.1 cm³/mol. The molecule has 0 fully saturated rings. The Morgan fingerprint density at radius 1 is 0.905 bits per heavy atom. The molecule has 2 rings (SSSR count). The molecular formula is C19H22NO. The van der Waals surface area contributed by atoms with E-state index in [1.54, 1.807) is 0 Å². The first-order valence-electron chi connectivity index (χ1n) is 7.50. The van der Waals surface area contributed by atoms with E-state index in [-0.39, 0.29) is 5.91 Å². The molecule has 2 heteroatoms. The second-order valence-corrected chi connectivity index (χ2v) is 5.29. The van der Waals surface area contributed by atoms with Crippen molar-refractivity contribution in [3.8, 4) is 0 Å². The SMILES string of the molecule is [CH2]c1ccc(NC(=O)CCCCCc2ccccc2)cc1. The summed E-state index contributed by atoms with van der Waals surface area (Å²) in [7, 11) is 0. The van der Waals surface area contributed by atoms with Crippen molar-refractivity contribution in [2.75, 3.05) is 5.32 Å². The van der Waals surface area contributed by atoms with Crippen molar-refractivity contribution in [1.29, 1.82) is 0 Å². The van der Waals surface area contributed by atoms with E-state index in [0.717, 1.165) is 36.9 Å². The standard InChI is InChI=1S/C19H22NO/c1-16-12-14-18(15-13-16)20-19(21)11-7-3-6-10-17-8-4-2-5-9-17/h2,4-5,8-9,12-15H,1,3,6-7,10-11H2,(H,20,21). The lowest BCUT2D eigenvalue weighted by molar-refractivity contribution is -0.116. The number of hydrogen-bond acceptors (Lipinski definition) is 1. The molecule has 1 amide bonds. The van der Waals surface area contributed by atoms with Crippen LogP contribution in [0.5, 0.6) is 0 Å². The van der Waals surface area contributed by atoms with Gasteiger partial charge in [-0.05, 0) is 49.4 Å². The third-order valence-corrected chi connectivity index (χ3v) is 3.45. The van der Waals surface area contributed by atoms with Gasteiger partial charge in [-0.1, -0.05) is 48.9 Å². The molecule has 0 spiro atoms. The van der Waals surface area contributed by atoms with Crippen molar-refractivity contribution < 1.29 is 4.79 Å². The van der Waals surface area contributed by atoms with Gasteiger partial charge < -0.3 is 5.32 Å². The number of anilines is 1. The van der Waals surface area contributed by atoms with Gasteiger partial charge in [0.05, 0.1) is 0 Å². The summed E-state index contributed by atoms with van der Waals surface area (Å²) >= 11 is 0. The molecule has 1 N–H and O–H groups in total. The van der Waals surface area contributed by atoms with Crippen molar-refractivity contribution in [3.05, 3.63) is 72.6 Å². The Hall–Kier alpha value is -2.09. The zero-order chi connectivity index (χ0) is 14.9. The normalized spacial score (nSPS) is 10.3. The lowest BCUT2D eigenvalue weighted by atomic mass is 10.1. The molecule has 0 heterocycles. The van der Waals surface area contributed by atoms with Gasteiger partial charge in [0, 0.05) is 12.1 Å². The fourth-order valence-electron chi connectivity index (χ4n) is 2.25. The van der Waals surface area contributed by atoms with Crippen molar-refractivity contribution in [2.24, 2.45) is 0 Å². The molecule has 109 valence electrons. The number of nitrogens with one attached hydrogen (secondary N) is 1. The van der Waals surface area contributed by atoms with Gasteiger partial charge in [0.15, 0.2) is 0 Å². The van der Waals surface area contributed by atoms with E-state index in [9.17, 15) is 4.79 Å². The molecule has 1 radical (unpaired) electrons. The molecule has 0 saturated carbocycles. The third-order valence-electron chi connectivity index (χ3n) is 3.45. The topological polar surface area (TPSA) is 29.1 Å². The Bertz CT molecular complexity index is 546. The molecule has 0 bridgehead atoms. The first kappa shape index (κ1) is 15.3. The van der Waals surface area contributed by atoms with E-state index in [2.05, 4.69) is 36.5 Å². The first-order valence-corrected chi connectivity index (χ1v) is 7.50. The van der Waals surface area contributed by atoms with Gasteiger partial charge in [-0.2, -0.15) is 0 Å². The predicted octanol–water partition coefficient (Wildman–Crippen LogP) is 4.61. The molecule has 0 unspecified atom stereocenters. The summed E-state index contributed by atoms with van der Waals surface area (Å²) in [6.07, 6.45) is 4.83. The summed E-state index contributed by atoms with van der Waals surface area (Å²) in [5.41, 5.74) is 3.17. The summed E-state index contributed by atoms with van der Waals surface area (Å²) in [6.45, 7) is 3.82. The molecule has 0 aromatic heterocycles. The van der Waals surface area contributed by atoms with E-state index in [1.165, 1.54) is 5.56 Å². The summed E-state index contributed by atoms with van der Waals surface area (Å²) in [6, 6.07) is 18.0. The molecule has 21 heavy (non-hydrogen) atoms. The molecule has 0 aliphatic heterocycles. The maximum atomic E-state index is 11.8. The Morgan fingerprint density at radius 2 is 1.62 bits per heavy atom. The summed E-state index contributed by atoms with van der Waals surface area (Å²) < 4.78 is 0. The van der Waals surface area contributed by atoms with E-state index in [0.29, 0.717) is 6.42 Å². The minimum atomic E-state index is 0.0894. The number of hydrogen-bond donors (Lipinski definition) is 1. The van der Waals surface area contributed by atoms with Crippen LogP contribution < -0.4 is 5.32 Å². The minimum absolute atomic E-state index is 0.0894. The van der Waals surface area contributed by atoms with Crippen molar-refractivity contribution in [3.63, 3.8) is 0 Å². The Labute approximate surface area is 127 Å². The van der Waals surface area contributed by atoms with Gasteiger partial charge >= 0.3 is 0 Å². The van der Waals surface area contributed by atoms with Gasteiger partial charge in [-0.3, -0.25) is 4.79 Å². The van der Waals surface area contributed by atoms with Crippen LogP contribution >= 0.6 is 0 Å². The van der Waals surface area contributed by atoms with Crippen LogP contribution in [0.2, 0.25) is 0 Å². The summed E-state index contributed by atoms with van der Waals surface area (Å²) in [5, 5.41) is 2.91. The van der Waals surface area contributed by atoms with Gasteiger partial charge in [-0.25, -0.2) is 0 Å². The minimum Gasteiger partial charge on any atom is -0.326 e. The molecule has 2 aromatic carbocycles. The van der Waals surface area contributed by atoms with Gasteiger partial charge in [0.25, 0.3) is 0 Å². The van der Waals surface area contributed by atoms with Gasteiger partial charge in [-0.15, -0.1) is 0 Å².